The SMILES string of the molecule is Nc1cccc(C(=O)NCCc2cc(Br)ccc2F)c1. The van der Waals surface area contributed by atoms with Crippen LogP contribution < -0.4 is 11.1 Å². The Balaban J connectivity index is 1.93. The van der Waals surface area contributed by atoms with Crippen LogP contribution in [0.3, 0.4) is 0 Å². The topological polar surface area (TPSA) is 55.1 Å². The van der Waals surface area contributed by atoms with E-state index in [9.17, 15) is 9.18 Å². The first-order valence-corrected chi connectivity index (χ1v) is 6.93. The zero-order valence-electron chi connectivity index (χ0n) is 10.7. The van der Waals surface area contributed by atoms with Crippen molar-refractivity contribution in [3.05, 3.63) is 63.9 Å². The van der Waals surface area contributed by atoms with Crippen molar-refractivity contribution in [3.8, 4) is 0 Å². The maximum Gasteiger partial charge on any atom is 0.251 e. The maximum absolute atomic E-state index is 13.5. The van der Waals surface area contributed by atoms with Gasteiger partial charge in [-0.2, -0.15) is 0 Å². The second kappa shape index (κ2) is 6.52. The van der Waals surface area contributed by atoms with E-state index in [0.717, 1.165) is 4.47 Å². The monoisotopic (exact) mass is 336 g/mol. The molecule has 0 radical (unpaired) electrons. The molecule has 5 heteroatoms. The van der Waals surface area contributed by atoms with Gasteiger partial charge in [0.05, 0.1) is 0 Å². The Morgan fingerprint density at radius 3 is 2.80 bits per heavy atom. The number of carbonyl (C=O) groups excluding carboxylic acids is 1. The average Bonchev–Trinajstić information content (AvgIpc) is 2.42. The molecule has 2 aromatic carbocycles. The summed E-state index contributed by atoms with van der Waals surface area (Å²) in [6.45, 7) is 0.362. The Morgan fingerprint density at radius 1 is 1.25 bits per heavy atom. The molecule has 3 nitrogen and oxygen atoms in total. The molecule has 0 aromatic heterocycles. The van der Waals surface area contributed by atoms with Crippen molar-refractivity contribution < 1.29 is 9.18 Å². The number of nitrogens with two attached hydrogens (primary N) is 1. The van der Waals surface area contributed by atoms with Gasteiger partial charge in [-0.1, -0.05) is 22.0 Å². The van der Waals surface area contributed by atoms with Gasteiger partial charge in [0.25, 0.3) is 5.91 Å². The summed E-state index contributed by atoms with van der Waals surface area (Å²) in [7, 11) is 0. The van der Waals surface area contributed by atoms with Gasteiger partial charge in [-0.15, -0.1) is 0 Å². The van der Waals surface area contributed by atoms with Gasteiger partial charge in [-0.05, 0) is 48.4 Å². The lowest BCUT2D eigenvalue weighted by molar-refractivity contribution is 0.0954. The second-order valence-electron chi connectivity index (χ2n) is 4.37. The molecule has 104 valence electrons. The van der Waals surface area contributed by atoms with Crippen molar-refractivity contribution in [1.82, 2.24) is 5.32 Å². The molecular formula is C15H14BrFN2O. The van der Waals surface area contributed by atoms with E-state index in [0.29, 0.717) is 29.8 Å². The number of rotatable bonds is 4. The Morgan fingerprint density at radius 2 is 2.05 bits per heavy atom. The quantitative estimate of drug-likeness (QED) is 0.842. The van der Waals surface area contributed by atoms with Gasteiger partial charge in [0.2, 0.25) is 0 Å². The number of hydrogen-bond acceptors (Lipinski definition) is 2. The first-order chi connectivity index (χ1) is 9.56. The molecule has 3 N–H and O–H groups in total. The van der Waals surface area contributed by atoms with Crippen LogP contribution in [0.4, 0.5) is 10.1 Å². The van der Waals surface area contributed by atoms with Gasteiger partial charge < -0.3 is 11.1 Å². The van der Waals surface area contributed by atoms with E-state index >= 15 is 0 Å². The van der Waals surface area contributed by atoms with E-state index in [-0.39, 0.29) is 11.7 Å². The Labute approximate surface area is 125 Å². The van der Waals surface area contributed by atoms with Gasteiger partial charge in [0.15, 0.2) is 0 Å². The minimum absolute atomic E-state index is 0.215. The minimum atomic E-state index is -0.272. The molecule has 1 amide bonds. The lowest BCUT2D eigenvalue weighted by Crippen LogP contribution is -2.25. The fourth-order valence-corrected chi connectivity index (χ4v) is 2.24. The van der Waals surface area contributed by atoms with E-state index in [1.54, 1.807) is 36.4 Å². The summed E-state index contributed by atoms with van der Waals surface area (Å²) in [6, 6.07) is 11.5. The highest BCUT2D eigenvalue weighted by atomic mass is 79.9. The van der Waals surface area contributed by atoms with Gasteiger partial charge in [-0.3, -0.25) is 4.79 Å². The fourth-order valence-electron chi connectivity index (χ4n) is 1.83. The van der Waals surface area contributed by atoms with Gasteiger partial charge in [-0.25, -0.2) is 4.39 Å². The van der Waals surface area contributed by atoms with Crippen LogP contribution in [0, 0.1) is 5.82 Å². The number of amides is 1. The van der Waals surface area contributed by atoms with Crippen LogP contribution in [0.5, 0.6) is 0 Å². The van der Waals surface area contributed by atoms with Gasteiger partial charge in [0, 0.05) is 22.3 Å². The van der Waals surface area contributed by atoms with E-state index < -0.39 is 0 Å². The molecule has 0 heterocycles. The van der Waals surface area contributed by atoms with E-state index in [2.05, 4.69) is 21.2 Å². The van der Waals surface area contributed by atoms with Crippen LogP contribution in [0.1, 0.15) is 15.9 Å². The van der Waals surface area contributed by atoms with Crippen LogP contribution in [0.25, 0.3) is 0 Å². The number of nitrogens with one attached hydrogen (secondary N) is 1. The molecule has 0 unspecified atom stereocenters. The predicted octanol–water partition coefficient (Wildman–Crippen LogP) is 3.14. The van der Waals surface area contributed by atoms with E-state index in [4.69, 9.17) is 5.73 Å². The largest absolute Gasteiger partial charge is 0.399 e. The first kappa shape index (κ1) is 14.5. The standard InChI is InChI=1S/C15H14BrFN2O/c16-12-4-5-14(17)10(8-12)6-7-19-15(20)11-2-1-3-13(18)9-11/h1-5,8-9H,6-7,18H2,(H,19,20). The predicted molar refractivity (Wildman–Crippen MR) is 81.0 cm³/mol. The number of benzene rings is 2. The first-order valence-electron chi connectivity index (χ1n) is 6.14. The highest BCUT2D eigenvalue weighted by molar-refractivity contribution is 9.10. The molecule has 0 saturated heterocycles. The summed E-state index contributed by atoms with van der Waals surface area (Å²) in [5.74, 6) is -0.487. The summed E-state index contributed by atoms with van der Waals surface area (Å²) < 4.78 is 14.3. The molecule has 0 aliphatic carbocycles. The summed E-state index contributed by atoms with van der Waals surface area (Å²) in [5, 5.41) is 2.74. The number of hydrogen-bond donors (Lipinski definition) is 2. The zero-order chi connectivity index (χ0) is 14.5. The van der Waals surface area contributed by atoms with E-state index in [1.807, 2.05) is 0 Å². The number of halogens is 2. The van der Waals surface area contributed by atoms with Crippen LogP contribution >= 0.6 is 15.9 Å². The summed E-state index contributed by atoms with van der Waals surface area (Å²) in [4.78, 5) is 11.9. The maximum atomic E-state index is 13.5. The number of nitrogen functional groups attached to an aromatic ring is 1. The molecule has 0 saturated carbocycles. The molecule has 2 rings (SSSR count). The molecule has 20 heavy (non-hydrogen) atoms. The van der Waals surface area contributed by atoms with Gasteiger partial charge in [0.1, 0.15) is 5.82 Å². The third-order valence-electron chi connectivity index (χ3n) is 2.84. The van der Waals surface area contributed by atoms with Crippen molar-refractivity contribution in [2.75, 3.05) is 12.3 Å². The molecule has 0 aliphatic rings. The van der Waals surface area contributed by atoms with Crippen LogP contribution in [-0.2, 0) is 6.42 Å². The summed E-state index contributed by atoms with van der Waals surface area (Å²) in [5.41, 5.74) is 7.22. The molecule has 0 fully saturated rings. The highest BCUT2D eigenvalue weighted by Gasteiger charge is 2.07. The summed E-state index contributed by atoms with van der Waals surface area (Å²) >= 11 is 3.29. The molecule has 0 aliphatic heterocycles. The van der Waals surface area contributed by atoms with Crippen LogP contribution in [-0.4, -0.2) is 12.5 Å². The molecule has 2 aromatic rings. The smallest absolute Gasteiger partial charge is 0.251 e. The molecule has 0 bridgehead atoms. The Kier molecular flexibility index (Phi) is 4.74. The molecule has 0 atom stereocenters. The molecule has 0 spiro atoms. The van der Waals surface area contributed by atoms with Gasteiger partial charge >= 0.3 is 0 Å². The third-order valence-corrected chi connectivity index (χ3v) is 3.33. The Hall–Kier alpha value is -1.88. The van der Waals surface area contributed by atoms with Crippen molar-refractivity contribution in [3.63, 3.8) is 0 Å². The number of carbonyl (C=O) groups is 1. The van der Waals surface area contributed by atoms with Crippen molar-refractivity contribution >= 4 is 27.5 Å². The Bertz CT molecular complexity index is 631. The van der Waals surface area contributed by atoms with E-state index in [1.165, 1.54) is 6.07 Å². The highest BCUT2D eigenvalue weighted by Crippen LogP contribution is 2.15. The third kappa shape index (κ3) is 3.81. The average molecular weight is 337 g/mol. The number of anilines is 1. The lowest BCUT2D eigenvalue weighted by atomic mass is 10.1. The summed E-state index contributed by atoms with van der Waals surface area (Å²) in [6.07, 6.45) is 0.430. The van der Waals surface area contributed by atoms with Crippen molar-refractivity contribution in [1.29, 1.82) is 0 Å². The molecular weight excluding hydrogens is 323 g/mol. The van der Waals surface area contributed by atoms with Crippen LogP contribution in [0.2, 0.25) is 0 Å². The zero-order valence-corrected chi connectivity index (χ0v) is 12.3. The lowest BCUT2D eigenvalue weighted by Gasteiger charge is -2.07. The van der Waals surface area contributed by atoms with Crippen LogP contribution in [0.15, 0.2) is 46.9 Å². The van der Waals surface area contributed by atoms with Crippen molar-refractivity contribution in [2.45, 2.75) is 6.42 Å². The normalized spacial score (nSPS) is 10.3. The van der Waals surface area contributed by atoms with Crippen molar-refractivity contribution in [2.24, 2.45) is 0 Å². The second-order valence-corrected chi connectivity index (χ2v) is 5.28. The fraction of sp³-hybridized carbons (Fsp3) is 0.133. The minimum Gasteiger partial charge on any atom is -0.399 e.